The lowest BCUT2D eigenvalue weighted by Gasteiger charge is -2.21. The summed E-state index contributed by atoms with van der Waals surface area (Å²) >= 11 is 0. The molecule has 0 saturated heterocycles. The summed E-state index contributed by atoms with van der Waals surface area (Å²) in [5.41, 5.74) is 0. The van der Waals surface area contributed by atoms with E-state index in [1.165, 1.54) is 141 Å². The Labute approximate surface area is 543 Å². The molecular formula is C70H136O17P2. The largest absolute Gasteiger partial charge is 0.472 e. The molecule has 0 aliphatic heterocycles. The fraction of sp³-hybridized carbons (Fsp3) is 0.943. The first-order valence-electron chi connectivity index (χ1n) is 36.2. The summed E-state index contributed by atoms with van der Waals surface area (Å²) in [6.45, 7) is 14.0. The summed E-state index contributed by atoms with van der Waals surface area (Å²) in [6.07, 6.45) is 42.0. The Morgan fingerprint density at radius 3 is 0.798 bits per heavy atom. The van der Waals surface area contributed by atoms with E-state index in [0.717, 1.165) is 108 Å². The van der Waals surface area contributed by atoms with E-state index >= 15 is 0 Å². The van der Waals surface area contributed by atoms with Crippen LogP contribution in [0.4, 0.5) is 0 Å². The molecule has 0 bridgehead atoms. The second-order valence-electron chi connectivity index (χ2n) is 26.9. The number of phosphoric ester groups is 2. The average molecular weight is 1310 g/mol. The molecule has 0 spiro atoms. The van der Waals surface area contributed by atoms with E-state index in [1.807, 2.05) is 0 Å². The topological polar surface area (TPSA) is 237 Å². The summed E-state index contributed by atoms with van der Waals surface area (Å²) in [5.74, 6) is 0.818. The number of rotatable bonds is 67. The van der Waals surface area contributed by atoms with E-state index in [-0.39, 0.29) is 25.7 Å². The maximum absolute atomic E-state index is 13.0. The van der Waals surface area contributed by atoms with Gasteiger partial charge in [-0.05, 0) is 49.4 Å². The Balaban J connectivity index is 5.22. The molecular weight excluding hydrogens is 1170 g/mol. The van der Waals surface area contributed by atoms with E-state index < -0.39 is 97.5 Å². The van der Waals surface area contributed by atoms with Gasteiger partial charge in [0.05, 0.1) is 26.4 Å². The number of unbranched alkanes of at least 4 members (excludes halogenated alkanes) is 32. The van der Waals surface area contributed by atoms with Crippen molar-refractivity contribution in [1.82, 2.24) is 0 Å². The van der Waals surface area contributed by atoms with Gasteiger partial charge in [0.1, 0.15) is 19.3 Å². The molecule has 0 aliphatic carbocycles. The first-order valence-corrected chi connectivity index (χ1v) is 39.2. The van der Waals surface area contributed by atoms with Crippen LogP contribution in [-0.4, -0.2) is 96.7 Å². The monoisotopic (exact) mass is 1310 g/mol. The third-order valence-electron chi connectivity index (χ3n) is 16.4. The minimum absolute atomic E-state index is 0.101. The van der Waals surface area contributed by atoms with Gasteiger partial charge in [-0.1, -0.05) is 293 Å². The fourth-order valence-corrected chi connectivity index (χ4v) is 12.0. The zero-order valence-electron chi connectivity index (χ0n) is 58.1. The number of carbonyl (C=O) groups is 4. The zero-order valence-corrected chi connectivity index (χ0v) is 59.8. The second-order valence-corrected chi connectivity index (χ2v) is 29.8. The van der Waals surface area contributed by atoms with Gasteiger partial charge in [-0.25, -0.2) is 9.13 Å². The molecule has 0 heterocycles. The summed E-state index contributed by atoms with van der Waals surface area (Å²) < 4.78 is 68.2. The predicted molar refractivity (Wildman–Crippen MR) is 358 cm³/mol. The van der Waals surface area contributed by atoms with Crippen LogP contribution in [0.15, 0.2) is 0 Å². The Morgan fingerprint density at radius 1 is 0.315 bits per heavy atom. The van der Waals surface area contributed by atoms with Gasteiger partial charge >= 0.3 is 39.5 Å². The van der Waals surface area contributed by atoms with Gasteiger partial charge in [0.2, 0.25) is 0 Å². The average Bonchev–Trinajstić information content (AvgIpc) is 3.66. The minimum Gasteiger partial charge on any atom is -0.462 e. The van der Waals surface area contributed by atoms with Crippen LogP contribution < -0.4 is 0 Å². The van der Waals surface area contributed by atoms with Crippen molar-refractivity contribution in [2.24, 2.45) is 23.7 Å². The van der Waals surface area contributed by atoms with E-state index in [4.69, 9.17) is 37.0 Å². The number of phosphoric acid groups is 2. The van der Waals surface area contributed by atoms with Crippen LogP contribution in [0.3, 0.4) is 0 Å². The Bertz CT molecular complexity index is 1770. The van der Waals surface area contributed by atoms with Gasteiger partial charge in [0, 0.05) is 25.7 Å². The highest BCUT2D eigenvalue weighted by Crippen LogP contribution is 2.45. The lowest BCUT2D eigenvalue weighted by atomic mass is 9.99. The fourth-order valence-electron chi connectivity index (χ4n) is 10.5. The highest BCUT2D eigenvalue weighted by Gasteiger charge is 2.30. The van der Waals surface area contributed by atoms with Crippen molar-refractivity contribution < 1.29 is 80.2 Å². The van der Waals surface area contributed by atoms with Crippen LogP contribution in [0.2, 0.25) is 0 Å². The van der Waals surface area contributed by atoms with Crippen molar-refractivity contribution in [2.75, 3.05) is 39.6 Å². The van der Waals surface area contributed by atoms with Gasteiger partial charge in [0.25, 0.3) is 0 Å². The second kappa shape index (κ2) is 59.8. The normalized spacial score (nSPS) is 14.6. The van der Waals surface area contributed by atoms with Crippen LogP contribution in [-0.2, 0) is 65.4 Å². The SMILES string of the molecule is CCC(C)CCCCCCCCCCCCCCCCC(=O)O[C@H](COC(=O)CCCCCCCCCCCCC(C)C)COP(=O)(O)OC[C@@H](O)COP(=O)(O)OC[C@@H](COC(=O)CCCCCCCCC(C)C)OC(=O)CCCCCCCCC(C)C. The summed E-state index contributed by atoms with van der Waals surface area (Å²) in [6, 6.07) is 0. The van der Waals surface area contributed by atoms with Crippen LogP contribution in [0, 0.1) is 23.7 Å². The lowest BCUT2D eigenvalue weighted by Crippen LogP contribution is -2.30. The van der Waals surface area contributed by atoms with Crippen molar-refractivity contribution in [2.45, 2.75) is 363 Å². The summed E-state index contributed by atoms with van der Waals surface area (Å²) in [5, 5.41) is 10.6. The van der Waals surface area contributed by atoms with Crippen molar-refractivity contribution in [3.05, 3.63) is 0 Å². The van der Waals surface area contributed by atoms with E-state index in [9.17, 15) is 43.2 Å². The number of ether oxygens (including phenoxy) is 4. The quantitative estimate of drug-likeness (QED) is 0.0222. The van der Waals surface area contributed by atoms with E-state index in [0.29, 0.717) is 37.5 Å². The Morgan fingerprint density at radius 2 is 0.539 bits per heavy atom. The van der Waals surface area contributed by atoms with Crippen molar-refractivity contribution >= 4 is 39.5 Å². The summed E-state index contributed by atoms with van der Waals surface area (Å²) in [7, 11) is -9.90. The number of hydrogen-bond acceptors (Lipinski definition) is 15. The molecule has 0 fully saturated rings. The van der Waals surface area contributed by atoms with Gasteiger partial charge in [-0.3, -0.25) is 37.3 Å². The molecule has 6 atom stereocenters. The van der Waals surface area contributed by atoms with Crippen molar-refractivity contribution in [3.63, 3.8) is 0 Å². The molecule has 3 N–H and O–H groups in total. The number of aliphatic hydroxyl groups excluding tert-OH is 1. The van der Waals surface area contributed by atoms with Gasteiger partial charge in [0.15, 0.2) is 12.2 Å². The molecule has 17 nitrogen and oxygen atoms in total. The van der Waals surface area contributed by atoms with Gasteiger partial charge in [-0.2, -0.15) is 0 Å². The highest BCUT2D eigenvalue weighted by molar-refractivity contribution is 7.47. The number of carbonyl (C=O) groups excluding carboxylic acids is 4. The zero-order chi connectivity index (χ0) is 66.1. The molecule has 0 aliphatic rings. The van der Waals surface area contributed by atoms with Crippen LogP contribution >= 0.6 is 15.6 Å². The van der Waals surface area contributed by atoms with Crippen molar-refractivity contribution in [3.8, 4) is 0 Å². The van der Waals surface area contributed by atoms with Crippen molar-refractivity contribution in [1.29, 1.82) is 0 Å². The molecule has 0 rings (SSSR count). The van der Waals surface area contributed by atoms with Crippen LogP contribution in [0.1, 0.15) is 344 Å². The third kappa shape index (κ3) is 63.2. The smallest absolute Gasteiger partial charge is 0.462 e. The predicted octanol–water partition coefficient (Wildman–Crippen LogP) is 19.7. The Hall–Kier alpha value is -1.94. The van der Waals surface area contributed by atoms with Gasteiger partial charge < -0.3 is 33.8 Å². The first-order chi connectivity index (χ1) is 42.6. The van der Waals surface area contributed by atoms with Crippen LogP contribution in [0.5, 0.6) is 0 Å². The minimum atomic E-state index is -4.95. The standard InChI is InChI=1S/C70H136O17P2/c1-9-63(8)49-41-33-23-19-14-12-10-11-13-15-21-25-36-44-52-69(74)86-65(56-80-67(72)50-42-34-24-20-17-16-18-22-30-38-46-60(2)3)58-84-88(76,77)82-54-64(71)55-83-89(78,79)85-59-66(87-70(75)53-45-37-29-27-32-40-48-62(6)7)57-81-68(73)51-43-35-28-26-31-39-47-61(4)5/h60-66,71H,9-59H2,1-8H3,(H,76,77)(H,78,79)/t63?,64-,65-,66-/m1/s1. The number of esters is 4. The molecule has 0 radical (unpaired) electrons. The summed E-state index contributed by atoms with van der Waals surface area (Å²) in [4.78, 5) is 72.4. The molecule has 3 unspecified atom stereocenters. The van der Waals surface area contributed by atoms with Crippen LogP contribution in [0.25, 0.3) is 0 Å². The Kier molecular flexibility index (Phi) is 58.5. The number of aliphatic hydroxyl groups is 1. The molecule has 89 heavy (non-hydrogen) atoms. The molecule has 19 heteroatoms. The highest BCUT2D eigenvalue weighted by atomic mass is 31.2. The maximum atomic E-state index is 13.0. The van der Waals surface area contributed by atoms with Gasteiger partial charge in [-0.15, -0.1) is 0 Å². The molecule has 0 saturated carbocycles. The van der Waals surface area contributed by atoms with E-state index in [2.05, 4.69) is 55.4 Å². The molecule has 0 aromatic rings. The maximum Gasteiger partial charge on any atom is 0.472 e. The molecule has 0 amide bonds. The molecule has 0 aromatic carbocycles. The molecule has 528 valence electrons. The van der Waals surface area contributed by atoms with E-state index in [1.54, 1.807) is 0 Å². The lowest BCUT2D eigenvalue weighted by molar-refractivity contribution is -0.161. The molecule has 0 aromatic heterocycles. The third-order valence-corrected chi connectivity index (χ3v) is 18.3. The first kappa shape index (κ1) is 87.1. The number of hydrogen-bond donors (Lipinski definition) is 3.